The number of hydrogen-bond donors (Lipinski definition) is 0. The van der Waals surface area contributed by atoms with E-state index in [0.717, 1.165) is 41.8 Å². The van der Waals surface area contributed by atoms with Crippen LogP contribution in [0.2, 0.25) is 0 Å². The lowest BCUT2D eigenvalue weighted by Crippen LogP contribution is -1.96. The Labute approximate surface area is 144 Å². The third-order valence-electron chi connectivity index (χ3n) is 4.35. The fraction of sp³-hybridized carbons (Fsp3) is 0.381. The third kappa shape index (κ3) is 3.97. The first kappa shape index (κ1) is 16.6. The molecule has 24 heavy (non-hydrogen) atoms. The highest BCUT2D eigenvalue weighted by Crippen LogP contribution is 2.22. The Morgan fingerprint density at radius 3 is 2.54 bits per heavy atom. The van der Waals surface area contributed by atoms with Gasteiger partial charge in [0, 0.05) is 11.6 Å². The van der Waals surface area contributed by atoms with Gasteiger partial charge in [-0.3, -0.25) is 0 Å². The Morgan fingerprint density at radius 2 is 1.79 bits per heavy atom. The van der Waals surface area contributed by atoms with E-state index in [4.69, 9.17) is 4.74 Å². The van der Waals surface area contributed by atoms with E-state index in [1.165, 1.54) is 24.8 Å². The molecule has 0 N–H and O–H groups in total. The zero-order valence-electron chi connectivity index (χ0n) is 14.7. The van der Waals surface area contributed by atoms with Gasteiger partial charge >= 0.3 is 0 Å². The molecular formula is C21H26N2O. The molecule has 0 amide bonds. The van der Waals surface area contributed by atoms with Crippen molar-refractivity contribution in [2.45, 2.75) is 46.0 Å². The number of aryl methyl sites for hydroxylation is 1. The van der Waals surface area contributed by atoms with E-state index < -0.39 is 0 Å². The molecule has 3 heteroatoms. The number of rotatable bonds is 8. The number of fused-ring (bicyclic) bond motifs is 1. The lowest BCUT2D eigenvalue weighted by Gasteiger charge is -2.05. The molecule has 1 heterocycles. The van der Waals surface area contributed by atoms with Crippen molar-refractivity contribution in [1.29, 1.82) is 0 Å². The maximum atomic E-state index is 5.87. The van der Waals surface area contributed by atoms with Gasteiger partial charge in [0.1, 0.15) is 5.75 Å². The molecule has 0 saturated carbocycles. The Morgan fingerprint density at radius 1 is 0.958 bits per heavy atom. The first-order valence-electron chi connectivity index (χ1n) is 9.01. The first-order valence-corrected chi connectivity index (χ1v) is 9.01. The van der Waals surface area contributed by atoms with Gasteiger partial charge in [0.15, 0.2) is 0 Å². The van der Waals surface area contributed by atoms with Crippen LogP contribution in [0.3, 0.4) is 0 Å². The SMILES string of the molecule is CCCCCCOc1ccc2nn(-c3ccc(CC)cc3)cc2c1. The number of nitrogens with zero attached hydrogens (tertiary/aromatic N) is 2. The molecule has 3 rings (SSSR count). The summed E-state index contributed by atoms with van der Waals surface area (Å²) in [5.41, 5.74) is 3.42. The van der Waals surface area contributed by atoms with Gasteiger partial charge in [-0.1, -0.05) is 45.2 Å². The van der Waals surface area contributed by atoms with E-state index in [-0.39, 0.29) is 0 Å². The van der Waals surface area contributed by atoms with Gasteiger partial charge in [-0.2, -0.15) is 5.10 Å². The summed E-state index contributed by atoms with van der Waals surface area (Å²) in [7, 11) is 0. The monoisotopic (exact) mass is 322 g/mol. The number of benzene rings is 2. The Kier molecular flexibility index (Phi) is 5.52. The van der Waals surface area contributed by atoms with E-state index in [1.807, 2.05) is 16.8 Å². The molecule has 0 saturated heterocycles. The van der Waals surface area contributed by atoms with Crippen LogP contribution in [0.15, 0.2) is 48.7 Å². The summed E-state index contributed by atoms with van der Waals surface area (Å²) in [5, 5.41) is 5.77. The highest BCUT2D eigenvalue weighted by molar-refractivity contribution is 5.80. The quantitative estimate of drug-likeness (QED) is 0.509. The van der Waals surface area contributed by atoms with Crippen molar-refractivity contribution in [3.8, 4) is 11.4 Å². The van der Waals surface area contributed by atoms with Gasteiger partial charge in [-0.05, 0) is 48.7 Å². The average Bonchev–Trinajstić information content (AvgIpc) is 3.05. The molecule has 1 aromatic heterocycles. The second kappa shape index (κ2) is 8.00. The van der Waals surface area contributed by atoms with Crippen molar-refractivity contribution in [2.24, 2.45) is 0 Å². The van der Waals surface area contributed by atoms with E-state index in [1.54, 1.807) is 0 Å². The molecule has 0 aliphatic heterocycles. The summed E-state index contributed by atoms with van der Waals surface area (Å²) in [6.45, 7) is 5.18. The molecule has 2 aromatic carbocycles. The molecule has 3 nitrogen and oxygen atoms in total. The van der Waals surface area contributed by atoms with Crippen LogP contribution in [0, 0.1) is 0 Å². The number of hydrogen-bond acceptors (Lipinski definition) is 2. The highest BCUT2D eigenvalue weighted by Gasteiger charge is 2.05. The smallest absolute Gasteiger partial charge is 0.120 e. The van der Waals surface area contributed by atoms with Gasteiger partial charge < -0.3 is 4.74 Å². The van der Waals surface area contributed by atoms with Crippen LogP contribution in [0.5, 0.6) is 5.75 Å². The minimum Gasteiger partial charge on any atom is -0.494 e. The highest BCUT2D eigenvalue weighted by atomic mass is 16.5. The molecule has 0 atom stereocenters. The fourth-order valence-corrected chi connectivity index (χ4v) is 2.83. The molecule has 0 spiro atoms. The van der Waals surface area contributed by atoms with Gasteiger partial charge in [0.25, 0.3) is 0 Å². The second-order valence-corrected chi connectivity index (χ2v) is 6.22. The van der Waals surface area contributed by atoms with Crippen LogP contribution in [0.1, 0.15) is 45.1 Å². The van der Waals surface area contributed by atoms with Crippen molar-refractivity contribution in [3.05, 3.63) is 54.2 Å². The molecule has 0 bridgehead atoms. The number of ether oxygens (including phenoxy) is 1. The van der Waals surface area contributed by atoms with E-state index >= 15 is 0 Å². The summed E-state index contributed by atoms with van der Waals surface area (Å²) >= 11 is 0. The Balaban J connectivity index is 1.71. The first-order chi connectivity index (χ1) is 11.8. The molecule has 126 valence electrons. The topological polar surface area (TPSA) is 27.1 Å². The lowest BCUT2D eigenvalue weighted by atomic mass is 10.1. The molecule has 0 fully saturated rings. The summed E-state index contributed by atoms with van der Waals surface area (Å²) in [4.78, 5) is 0. The normalized spacial score (nSPS) is 11.1. The summed E-state index contributed by atoms with van der Waals surface area (Å²) in [5.74, 6) is 0.930. The standard InChI is InChI=1S/C21H26N2O/c1-3-5-6-7-14-24-20-12-13-21-18(15-20)16-23(22-21)19-10-8-17(4-2)9-11-19/h8-13,15-16H,3-7,14H2,1-2H3. The van der Waals surface area contributed by atoms with Crippen molar-refractivity contribution >= 4 is 10.9 Å². The van der Waals surface area contributed by atoms with Gasteiger partial charge in [-0.15, -0.1) is 0 Å². The summed E-state index contributed by atoms with van der Waals surface area (Å²) < 4.78 is 7.81. The maximum Gasteiger partial charge on any atom is 0.120 e. The van der Waals surface area contributed by atoms with E-state index in [2.05, 4.69) is 55.5 Å². The minimum absolute atomic E-state index is 0.790. The van der Waals surface area contributed by atoms with Crippen LogP contribution in [0.25, 0.3) is 16.6 Å². The minimum atomic E-state index is 0.790. The van der Waals surface area contributed by atoms with Crippen molar-refractivity contribution in [3.63, 3.8) is 0 Å². The largest absolute Gasteiger partial charge is 0.494 e. The fourth-order valence-electron chi connectivity index (χ4n) is 2.83. The number of aromatic nitrogens is 2. The van der Waals surface area contributed by atoms with E-state index in [9.17, 15) is 0 Å². The molecule has 0 radical (unpaired) electrons. The average molecular weight is 322 g/mol. The molecule has 0 aliphatic carbocycles. The predicted molar refractivity (Wildman–Crippen MR) is 100 cm³/mol. The Bertz CT molecular complexity index is 774. The van der Waals surface area contributed by atoms with Crippen LogP contribution in [-0.2, 0) is 6.42 Å². The maximum absolute atomic E-state index is 5.87. The van der Waals surface area contributed by atoms with Crippen molar-refractivity contribution in [2.75, 3.05) is 6.61 Å². The molecule has 0 unspecified atom stereocenters. The Hall–Kier alpha value is -2.29. The van der Waals surface area contributed by atoms with Gasteiger partial charge in [-0.25, -0.2) is 4.68 Å². The van der Waals surface area contributed by atoms with Crippen molar-refractivity contribution < 1.29 is 4.74 Å². The number of unbranched alkanes of at least 4 members (excludes halogenated alkanes) is 3. The summed E-state index contributed by atoms with van der Waals surface area (Å²) in [6, 6.07) is 14.7. The van der Waals surface area contributed by atoms with Gasteiger partial charge in [0.2, 0.25) is 0 Å². The van der Waals surface area contributed by atoms with Crippen LogP contribution >= 0.6 is 0 Å². The third-order valence-corrected chi connectivity index (χ3v) is 4.35. The van der Waals surface area contributed by atoms with E-state index in [0.29, 0.717) is 0 Å². The molecule has 3 aromatic rings. The molecular weight excluding hydrogens is 296 g/mol. The second-order valence-electron chi connectivity index (χ2n) is 6.22. The van der Waals surface area contributed by atoms with Crippen LogP contribution in [0.4, 0.5) is 0 Å². The zero-order valence-corrected chi connectivity index (χ0v) is 14.7. The lowest BCUT2D eigenvalue weighted by molar-refractivity contribution is 0.305. The van der Waals surface area contributed by atoms with Crippen molar-refractivity contribution in [1.82, 2.24) is 9.78 Å². The zero-order chi connectivity index (χ0) is 16.8. The van der Waals surface area contributed by atoms with Crippen LogP contribution in [-0.4, -0.2) is 16.4 Å². The summed E-state index contributed by atoms with van der Waals surface area (Å²) in [6.07, 6.45) is 8.02. The van der Waals surface area contributed by atoms with Gasteiger partial charge in [0.05, 0.1) is 17.8 Å². The molecule has 0 aliphatic rings. The predicted octanol–water partition coefficient (Wildman–Crippen LogP) is 5.55. The van der Waals surface area contributed by atoms with Crippen LogP contribution < -0.4 is 4.74 Å².